The highest BCUT2D eigenvalue weighted by molar-refractivity contribution is 7.88. The molecule has 2 aromatic rings. The highest BCUT2D eigenvalue weighted by Gasteiger charge is 2.23. The van der Waals surface area contributed by atoms with Crippen LogP contribution in [-0.4, -0.2) is 47.0 Å². The van der Waals surface area contributed by atoms with Gasteiger partial charge in [-0.1, -0.05) is 17.7 Å². The quantitative estimate of drug-likeness (QED) is 0.777. The van der Waals surface area contributed by atoms with Crippen molar-refractivity contribution in [3.8, 4) is 0 Å². The van der Waals surface area contributed by atoms with Crippen LogP contribution in [-0.2, 0) is 40.8 Å². The number of hydrogen-bond donors (Lipinski definition) is 0. The molecule has 7 nitrogen and oxygen atoms in total. The van der Waals surface area contributed by atoms with Gasteiger partial charge >= 0.3 is 0 Å². The van der Waals surface area contributed by atoms with Gasteiger partial charge in [-0.05, 0) is 12.1 Å². The first kappa shape index (κ1) is 18.2. The molecular weight excluding hydrogens is 371 g/mol. The number of hydrogen-bond acceptors (Lipinski definition) is 5. The second-order valence-electron chi connectivity index (χ2n) is 5.81. The number of fused-ring (bicyclic) bond motifs is 1. The topological polar surface area (TPSA) is 77.3 Å². The minimum atomic E-state index is -3.58. The summed E-state index contributed by atoms with van der Waals surface area (Å²) < 4.78 is 46.8. The fraction of sp³-hybridized carbons (Fsp3) is 0.467. The maximum absolute atomic E-state index is 14.0. The molecular formula is C15H18ClFN4O3S. The number of aromatic nitrogens is 3. The molecule has 1 aromatic carbocycles. The Labute approximate surface area is 150 Å². The summed E-state index contributed by atoms with van der Waals surface area (Å²) in [6.45, 7) is 1.53. The van der Waals surface area contributed by atoms with E-state index in [1.807, 2.05) is 4.57 Å². The molecule has 2 heterocycles. The standard InChI is InChI=1S/C15H18ClFN4O3S/c1-25(22,23)20(9-11-2-3-12(16)8-13(11)17)10-15-19-18-14-4-6-24-7-5-21(14)15/h2-3,8H,4-7,9-10H2,1H3. The molecule has 0 N–H and O–H groups in total. The van der Waals surface area contributed by atoms with Crippen LogP contribution in [0.1, 0.15) is 17.2 Å². The van der Waals surface area contributed by atoms with E-state index in [-0.39, 0.29) is 23.7 Å². The molecule has 0 amide bonds. The van der Waals surface area contributed by atoms with Gasteiger partial charge < -0.3 is 9.30 Å². The summed E-state index contributed by atoms with van der Waals surface area (Å²) >= 11 is 5.75. The number of sulfonamides is 1. The Morgan fingerprint density at radius 1 is 1.32 bits per heavy atom. The lowest BCUT2D eigenvalue weighted by atomic mass is 10.2. The van der Waals surface area contributed by atoms with E-state index in [0.717, 1.165) is 18.1 Å². The predicted octanol–water partition coefficient (Wildman–Crippen LogP) is 1.61. The summed E-state index contributed by atoms with van der Waals surface area (Å²) in [7, 11) is -3.58. The zero-order chi connectivity index (χ0) is 18.0. The zero-order valence-electron chi connectivity index (χ0n) is 13.7. The van der Waals surface area contributed by atoms with Crippen molar-refractivity contribution in [1.29, 1.82) is 0 Å². The summed E-state index contributed by atoms with van der Waals surface area (Å²) in [5.74, 6) is 0.730. The molecule has 3 rings (SSSR count). The van der Waals surface area contributed by atoms with Crippen LogP contribution < -0.4 is 0 Å². The summed E-state index contributed by atoms with van der Waals surface area (Å²) in [6.07, 6.45) is 1.71. The molecule has 1 aromatic heterocycles. The Morgan fingerprint density at radius 3 is 2.84 bits per heavy atom. The van der Waals surface area contributed by atoms with E-state index in [2.05, 4.69) is 10.2 Å². The van der Waals surface area contributed by atoms with Crippen LogP contribution >= 0.6 is 11.6 Å². The van der Waals surface area contributed by atoms with Crippen LogP contribution in [0.2, 0.25) is 5.02 Å². The normalized spacial score (nSPS) is 15.2. The highest BCUT2D eigenvalue weighted by Crippen LogP contribution is 2.19. The van der Waals surface area contributed by atoms with Gasteiger partial charge in [0.15, 0.2) is 0 Å². The average molecular weight is 389 g/mol. The van der Waals surface area contributed by atoms with E-state index < -0.39 is 15.8 Å². The lowest BCUT2D eigenvalue weighted by molar-refractivity contribution is 0.139. The van der Waals surface area contributed by atoms with E-state index >= 15 is 0 Å². The average Bonchev–Trinajstić information content (AvgIpc) is 2.76. The van der Waals surface area contributed by atoms with Crippen LogP contribution in [0.5, 0.6) is 0 Å². The van der Waals surface area contributed by atoms with E-state index in [1.165, 1.54) is 16.4 Å². The number of rotatable bonds is 5. The number of halogens is 2. The van der Waals surface area contributed by atoms with Crippen LogP contribution in [0.4, 0.5) is 4.39 Å². The largest absolute Gasteiger partial charge is 0.379 e. The Morgan fingerprint density at radius 2 is 2.12 bits per heavy atom. The molecule has 0 saturated heterocycles. The molecule has 0 fully saturated rings. The molecule has 0 spiro atoms. The van der Waals surface area contributed by atoms with Crippen LogP contribution in [0.25, 0.3) is 0 Å². The van der Waals surface area contributed by atoms with Gasteiger partial charge in [0, 0.05) is 30.1 Å². The molecule has 1 aliphatic rings. The van der Waals surface area contributed by atoms with Gasteiger partial charge in [-0.3, -0.25) is 0 Å². The maximum atomic E-state index is 14.0. The molecule has 0 radical (unpaired) electrons. The van der Waals surface area contributed by atoms with E-state index in [4.69, 9.17) is 16.3 Å². The molecule has 25 heavy (non-hydrogen) atoms. The summed E-state index contributed by atoms with van der Waals surface area (Å²) in [6, 6.07) is 4.17. The summed E-state index contributed by atoms with van der Waals surface area (Å²) in [5.41, 5.74) is 0.244. The number of ether oxygens (including phenoxy) is 1. The smallest absolute Gasteiger partial charge is 0.211 e. The first-order valence-corrected chi connectivity index (χ1v) is 9.95. The van der Waals surface area contributed by atoms with Crippen LogP contribution in [0.15, 0.2) is 18.2 Å². The first-order chi connectivity index (χ1) is 11.8. The Kier molecular flexibility index (Phi) is 5.38. The molecule has 136 valence electrons. The molecule has 0 saturated carbocycles. The van der Waals surface area contributed by atoms with Gasteiger partial charge in [-0.2, -0.15) is 4.31 Å². The molecule has 10 heteroatoms. The van der Waals surface area contributed by atoms with Crippen molar-refractivity contribution in [3.63, 3.8) is 0 Å². The van der Waals surface area contributed by atoms with Gasteiger partial charge in [0.05, 0.1) is 26.0 Å². The first-order valence-electron chi connectivity index (χ1n) is 7.72. The summed E-state index contributed by atoms with van der Waals surface area (Å²) in [4.78, 5) is 0. The Bertz CT molecular complexity index is 872. The van der Waals surface area contributed by atoms with E-state index in [9.17, 15) is 12.8 Å². The van der Waals surface area contributed by atoms with Gasteiger partial charge in [0.2, 0.25) is 10.0 Å². The predicted molar refractivity (Wildman–Crippen MR) is 90.0 cm³/mol. The second-order valence-corrected chi connectivity index (χ2v) is 8.23. The summed E-state index contributed by atoms with van der Waals surface area (Å²) in [5, 5.41) is 8.47. The number of benzene rings is 1. The van der Waals surface area contributed by atoms with Crippen molar-refractivity contribution in [1.82, 2.24) is 19.1 Å². The third kappa shape index (κ3) is 4.35. The van der Waals surface area contributed by atoms with Gasteiger partial charge in [-0.25, -0.2) is 12.8 Å². The van der Waals surface area contributed by atoms with Gasteiger partial charge in [0.1, 0.15) is 17.5 Å². The lowest BCUT2D eigenvalue weighted by Gasteiger charge is -2.20. The monoisotopic (exact) mass is 388 g/mol. The third-order valence-electron chi connectivity index (χ3n) is 3.98. The van der Waals surface area contributed by atoms with Crippen LogP contribution in [0, 0.1) is 5.82 Å². The fourth-order valence-electron chi connectivity index (χ4n) is 2.64. The zero-order valence-corrected chi connectivity index (χ0v) is 15.2. The molecule has 0 bridgehead atoms. The number of nitrogens with zero attached hydrogens (tertiary/aromatic N) is 4. The molecule has 1 aliphatic heterocycles. The maximum Gasteiger partial charge on any atom is 0.211 e. The highest BCUT2D eigenvalue weighted by atomic mass is 35.5. The van der Waals surface area contributed by atoms with Gasteiger partial charge in [-0.15, -0.1) is 10.2 Å². The fourth-order valence-corrected chi connectivity index (χ4v) is 3.52. The van der Waals surface area contributed by atoms with Crippen molar-refractivity contribution in [2.45, 2.75) is 26.1 Å². The molecule has 0 unspecified atom stereocenters. The minimum Gasteiger partial charge on any atom is -0.379 e. The minimum absolute atomic E-state index is 0.00784. The second kappa shape index (κ2) is 7.36. The van der Waals surface area contributed by atoms with Crippen molar-refractivity contribution in [3.05, 3.63) is 46.3 Å². The Hall–Kier alpha value is -1.55. The van der Waals surface area contributed by atoms with E-state index in [0.29, 0.717) is 32.0 Å². The third-order valence-corrected chi connectivity index (χ3v) is 5.41. The van der Waals surface area contributed by atoms with Crippen molar-refractivity contribution in [2.75, 3.05) is 19.5 Å². The van der Waals surface area contributed by atoms with Crippen LogP contribution in [0.3, 0.4) is 0 Å². The van der Waals surface area contributed by atoms with E-state index in [1.54, 1.807) is 0 Å². The van der Waals surface area contributed by atoms with Gasteiger partial charge in [0.25, 0.3) is 0 Å². The SMILES string of the molecule is CS(=O)(=O)N(Cc1ccc(Cl)cc1F)Cc1nnc2n1CCOCC2. The molecule has 0 atom stereocenters. The Balaban J connectivity index is 1.86. The van der Waals surface area contributed by atoms with Crippen molar-refractivity contribution < 1.29 is 17.5 Å². The lowest BCUT2D eigenvalue weighted by Crippen LogP contribution is -2.31. The van der Waals surface area contributed by atoms with Crippen molar-refractivity contribution >= 4 is 21.6 Å². The molecule has 0 aliphatic carbocycles. The van der Waals surface area contributed by atoms with Crippen molar-refractivity contribution in [2.24, 2.45) is 0 Å².